The number of likely N-dealkylation sites (tertiary alicyclic amines) is 1. The number of nitrogen functional groups attached to an aromatic ring is 2. The van der Waals surface area contributed by atoms with Crippen LogP contribution >= 0.6 is 12.4 Å². The number of nitrogens with one attached hydrogen (secondary N) is 3. The number of halogens is 1. The predicted octanol–water partition coefficient (Wildman–Crippen LogP) is 9.16. The molecule has 0 spiro atoms. The smallest absolute Gasteiger partial charge is 0.341 e. The number of aromatic carboxylic acids is 1. The Kier molecular flexibility index (Phi) is 18.2. The summed E-state index contributed by atoms with van der Waals surface area (Å²) in [6, 6.07) is 40.3. The van der Waals surface area contributed by atoms with Gasteiger partial charge in [0.05, 0.1) is 37.1 Å². The largest absolute Gasteiger partial charge is 0.481 e. The maximum absolute atomic E-state index is 14.4. The van der Waals surface area contributed by atoms with Crippen molar-refractivity contribution in [3.8, 4) is 45.4 Å². The first kappa shape index (κ1) is 58.4. The predicted molar refractivity (Wildman–Crippen MR) is 328 cm³/mol. The number of hydrogen-bond acceptors (Lipinski definition) is 17. The second-order valence-corrected chi connectivity index (χ2v) is 19.6. The Hall–Kier alpha value is -10.3. The third-order valence-electron chi connectivity index (χ3n) is 14.2. The number of nitrogens with zero attached hydrogens (tertiary/aromatic N) is 9. The van der Waals surface area contributed by atoms with Gasteiger partial charge >= 0.3 is 5.97 Å². The van der Waals surface area contributed by atoms with Crippen LogP contribution in [0, 0.1) is 0 Å². The molecule has 8 heterocycles. The Balaban J connectivity index is 0.000000187. The molecule has 12 rings (SSSR count). The van der Waals surface area contributed by atoms with E-state index in [9.17, 15) is 24.3 Å². The highest BCUT2D eigenvalue weighted by Gasteiger charge is 2.28. The number of amides is 1. The summed E-state index contributed by atoms with van der Waals surface area (Å²) in [4.78, 5) is 79.9. The molecule has 428 valence electrons. The highest BCUT2D eigenvalue weighted by atomic mass is 35.5. The van der Waals surface area contributed by atoms with Crippen molar-refractivity contribution in [1.82, 2.24) is 49.3 Å². The maximum atomic E-state index is 14.4. The van der Waals surface area contributed by atoms with Crippen molar-refractivity contribution in [3.05, 3.63) is 201 Å². The molecule has 6 aromatic heterocycles. The summed E-state index contributed by atoms with van der Waals surface area (Å²) in [5, 5.41) is 21.8. The molecule has 0 bridgehead atoms. The first-order valence-corrected chi connectivity index (χ1v) is 26.8. The van der Waals surface area contributed by atoms with Gasteiger partial charge in [-0.05, 0) is 121 Å². The summed E-state index contributed by atoms with van der Waals surface area (Å²) in [6.07, 6.45) is 8.26. The lowest BCUT2D eigenvalue weighted by Crippen LogP contribution is -2.42. The van der Waals surface area contributed by atoms with Crippen LogP contribution in [0.15, 0.2) is 168 Å². The van der Waals surface area contributed by atoms with E-state index in [1.807, 2.05) is 141 Å². The summed E-state index contributed by atoms with van der Waals surface area (Å²) in [5.41, 5.74) is 17.2. The molecule has 1 amide bonds. The number of rotatable bonds is 14. The first-order chi connectivity index (χ1) is 40.3. The van der Waals surface area contributed by atoms with E-state index in [1.54, 1.807) is 46.7 Å². The lowest BCUT2D eigenvalue weighted by molar-refractivity contribution is 0.0650. The Morgan fingerprint density at radius 1 is 0.595 bits per heavy atom. The van der Waals surface area contributed by atoms with Crippen LogP contribution in [-0.4, -0.2) is 101 Å². The second kappa shape index (κ2) is 26.1. The molecule has 22 heteroatoms. The molecule has 2 aliphatic rings. The molecule has 2 atom stereocenters. The van der Waals surface area contributed by atoms with E-state index in [-0.39, 0.29) is 52.7 Å². The maximum Gasteiger partial charge on any atom is 0.341 e. The van der Waals surface area contributed by atoms with E-state index in [4.69, 9.17) is 20.9 Å². The van der Waals surface area contributed by atoms with Gasteiger partial charge in [0.1, 0.15) is 22.8 Å². The van der Waals surface area contributed by atoms with E-state index in [1.165, 1.54) is 25.7 Å². The molecular weight excluding hydrogens is 1090 g/mol. The molecule has 0 saturated carbocycles. The minimum absolute atomic E-state index is 0. The van der Waals surface area contributed by atoms with Crippen LogP contribution in [0.25, 0.3) is 55.2 Å². The number of carbonyl (C=O) groups excluding carboxylic acids is 1. The Labute approximate surface area is 488 Å². The number of anilines is 4. The quantitative estimate of drug-likeness (QED) is 0.0591. The standard InChI is InChI=1S/C31H29N7O3.C28H24N6O4.C3H7N.ClH/c1-19(35-28-24(18-34-31(32)36-28)29(39)37-14-7-15-37)25-16-21-8-6-11-23(20-12-13-33-26(17-20)41-2)27(21)30(40)38(25)22-9-4-3-5-10-22;1-16(32-25-21(27(36)37)15-31-28(29)33-25)22-13-18-7-6-10-20(17-11-12-30-23(14-17)38-2)24(18)26(35)34(22)19-8-4-3-5-9-19;1-2-4-3-1;/h3-6,8-13,16-19H,7,14-15H2,1-2H3,(H3,32,34,35,36);3-16H,1-2H3,(H,36,37)(H3,29,31,32,33);4H,1-3H2;1H/t19-;16-;;/m00../s1. The third-order valence-corrected chi connectivity index (χ3v) is 14.2. The fourth-order valence-corrected chi connectivity index (χ4v) is 9.70. The normalized spacial score (nSPS) is 13.0. The summed E-state index contributed by atoms with van der Waals surface area (Å²) in [5.74, 6) is -0.0783. The van der Waals surface area contributed by atoms with Gasteiger partial charge in [-0.3, -0.25) is 23.5 Å². The van der Waals surface area contributed by atoms with E-state index in [0.717, 1.165) is 45.6 Å². The van der Waals surface area contributed by atoms with Gasteiger partial charge in [0.2, 0.25) is 23.7 Å². The SMILES string of the molecule is C1CNC1.COc1cc(-c2cccc3cc([C@H](C)Nc4nc(N)ncc4C(=O)N4CCC4)n(-c4ccccc4)c(=O)c23)ccn1.COc1cc(-c2cccc3cc([C@H](C)Nc4nc(N)ncc4C(=O)O)n(-c4ccccc4)c(=O)c23)ccn1.Cl. The van der Waals surface area contributed by atoms with Crippen molar-refractivity contribution < 1.29 is 24.2 Å². The van der Waals surface area contributed by atoms with Crippen LogP contribution in [0.4, 0.5) is 23.5 Å². The van der Waals surface area contributed by atoms with Gasteiger partial charge in [0.15, 0.2) is 0 Å². The van der Waals surface area contributed by atoms with Crippen LogP contribution in [0.5, 0.6) is 11.8 Å². The van der Waals surface area contributed by atoms with Gasteiger partial charge in [-0.1, -0.05) is 72.8 Å². The van der Waals surface area contributed by atoms with Gasteiger partial charge in [-0.2, -0.15) is 9.97 Å². The molecular formula is C62H61ClN14O7. The molecule has 0 radical (unpaired) electrons. The number of fused-ring (bicyclic) bond motifs is 2. The lowest BCUT2D eigenvalue weighted by atomic mass is 9.98. The molecule has 0 unspecified atom stereocenters. The Morgan fingerprint density at radius 2 is 1.02 bits per heavy atom. The van der Waals surface area contributed by atoms with Crippen LogP contribution in [0.2, 0.25) is 0 Å². The van der Waals surface area contributed by atoms with E-state index >= 15 is 0 Å². The van der Waals surface area contributed by atoms with E-state index < -0.39 is 18.1 Å². The number of ether oxygens (including phenoxy) is 2. The van der Waals surface area contributed by atoms with Gasteiger partial charge < -0.3 is 46.9 Å². The fourth-order valence-electron chi connectivity index (χ4n) is 9.70. The van der Waals surface area contributed by atoms with Crippen molar-refractivity contribution in [2.45, 2.75) is 38.8 Å². The monoisotopic (exact) mass is 1150 g/mol. The number of benzene rings is 4. The number of carboxylic acids is 1. The molecule has 2 aliphatic heterocycles. The number of nitrogens with two attached hydrogens (primary N) is 2. The second-order valence-electron chi connectivity index (χ2n) is 19.6. The number of carboxylic acid groups (broad SMARTS) is 1. The minimum Gasteiger partial charge on any atom is -0.481 e. The van der Waals surface area contributed by atoms with Gasteiger partial charge in [-0.25, -0.2) is 24.7 Å². The van der Waals surface area contributed by atoms with Crippen molar-refractivity contribution >= 4 is 69.4 Å². The number of aromatic nitrogens is 8. The number of carbonyl (C=O) groups is 2. The van der Waals surface area contributed by atoms with Crippen molar-refractivity contribution in [2.24, 2.45) is 0 Å². The van der Waals surface area contributed by atoms with E-state index in [0.29, 0.717) is 69.8 Å². The topological polar surface area (TPSA) is 286 Å². The van der Waals surface area contributed by atoms with Crippen LogP contribution < -0.4 is 48.0 Å². The summed E-state index contributed by atoms with van der Waals surface area (Å²) < 4.78 is 13.9. The highest BCUT2D eigenvalue weighted by molar-refractivity contribution is 6.00. The molecule has 10 aromatic rings. The zero-order valence-corrected chi connectivity index (χ0v) is 47.2. The Morgan fingerprint density at radius 3 is 1.42 bits per heavy atom. The summed E-state index contributed by atoms with van der Waals surface area (Å²) in [6.45, 7) is 7.64. The average molecular weight is 1150 g/mol. The molecule has 2 fully saturated rings. The van der Waals surface area contributed by atoms with Crippen LogP contribution in [0.1, 0.15) is 70.9 Å². The van der Waals surface area contributed by atoms with Crippen LogP contribution in [0.3, 0.4) is 0 Å². The molecule has 0 aliphatic carbocycles. The summed E-state index contributed by atoms with van der Waals surface area (Å²) in [7, 11) is 3.10. The van der Waals surface area contributed by atoms with Gasteiger partial charge in [0, 0.05) is 72.8 Å². The highest BCUT2D eigenvalue weighted by Crippen LogP contribution is 2.34. The minimum atomic E-state index is -1.20. The number of para-hydroxylation sites is 2. The fraction of sp³-hybridized carbons (Fsp3) is 0.194. The number of methoxy groups -OCH3 is 2. The molecule has 2 saturated heterocycles. The molecule has 8 N–H and O–H groups in total. The Bertz CT molecular complexity index is 4140. The van der Waals surface area contributed by atoms with Crippen molar-refractivity contribution in [2.75, 3.05) is 62.5 Å². The van der Waals surface area contributed by atoms with Crippen molar-refractivity contribution in [3.63, 3.8) is 0 Å². The molecule has 21 nitrogen and oxygen atoms in total. The molecule has 84 heavy (non-hydrogen) atoms. The summed E-state index contributed by atoms with van der Waals surface area (Å²) >= 11 is 0. The lowest BCUT2D eigenvalue weighted by Gasteiger charge is -2.31. The third kappa shape index (κ3) is 12.5. The van der Waals surface area contributed by atoms with Crippen LogP contribution in [-0.2, 0) is 0 Å². The number of pyridine rings is 4. The zero-order chi connectivity index (χ0) is 58.1. The van der Waals surface area contributed by atoms with E-state index in [2.05, 4.69) is 45.9 Å². The first-order valence-electron chi connectivity index (χ1n) is 26.8. The van der Waals surface area contributed by atoms with Gasteiger partial charge in [0.25, 0.3) is 17.0 Å². The van der Waals surface area contributed by atoms with Crippen molar-refractivity contribution in [1.29, 1.82) is 0 Å². The average Bonchev–Trinajstić information content (AvgIpc) is 1.34. The molecule has 4 aromatic carbocycles. The van der Waals surface area contributed by atoms with Gasteiger partial charge in [-0.15, -0.1) is 12.4 Å². The number of hydrogen-bond donors (Lipinski definition) is 6. The zero-order valence-electron chi connectivity index (χ0n) is 46.4.